The van der Waals surface area contributed by atoms with Crippen molar-refractivity contribution in [1.82, 2.24) is 4.90 Å². The molecule has 0 radical (unpaired) electrons. The first-order valence-electron chi connectivity index (χ1n) is 8.37. The summed E-state index contributed by atoms with van der Waals surface area (Å²) in [5, 5.41) is 8.71. The van der Waals surface area contributed by atoms with Gasteiger partial charge < -0.3 is 14.7 Å². The second kappa shape index (κ2) is 7.38. The van der Waals surface area contributed by atoms with E-state index in [1.54, 1.807) is 24.3 Å². The summed E-state index contributed by atoms with van der Waals surface area (Å²) >= 11 is 0. The van der Waals surface area contributed by atoms with Crippen LogP contribution in [-0.4, -0.2) is 35.0 Å². The molecule has 1 unspecified atom stereocenters. The highest BCUT2D eigenvalue weighted by molar-refractivity contribution is 5.95. The van der Waals surface area contributed by atoms with Gasteiger partial charge in [0.05, 0.1) is 6.04 Å². The zero-order chi connectivity index (χ0) is 17.8. The SMILES string of the molecule is Cc1cccc(C2CCCN2C(=O)c2cccc(OCC(=O)O)c2)c1. The number of hydrogen-bond acceptors (Lipinski definition) is 3. The minimum Gasteiger partial charge on any atom is -0.482 e. The normalized spacial score (nSPS) is 16.7. The molecule has 1 N–H and O–H groups in total. The first-order valence-corrected chi connectivity index (χ1v) is 8.37. The molecule has 1 saturated heterocycles. The van der Waals surface area contributed by atoms with E-state index in [1.165, 1.54) is 5.56 Å². The maximum atomic E-state index is 13.0. The fourth-order valence-electron chi connectivity index (χ4n) is 3.26. The van der Waals surface area contributed by atoms with Crippen LogP contribution in [-0.2, 0) is 4.79 Å². The number of aliphatic carboxylic acids is 1. The van der Waals surface area contributed by atoms with Crippen LogP contribution in [0.15, 0.2) is 48.5 Å². The van der Waals surface area contributed by atoms with Gasteiger partial charge in [-0.3, -0.25) is 4.79 Å². The summed E-state index contributed by atoms with van der Waals surface area (Å²) in [6.45, 7) is 2.35. The Kier molecular flexibility index (Phi) is 5.03. The molecule has 0 bridgehead atoms. The summed E-state index contributed by atoms with van der Waals surface area (Å²) in [5.74, 6) is -0.708. The molecule has 5 heteroatoms. The second-order valence-corrected chi connectivity index (χ2v) is 6.28. The maximum Gasteiger partial charge on any atom is 0.341 e. The quantitative estimate of drug-likeness (QED) is 0.906. The van der Waals surface area contributed by atoms with Crippen LogP contribution in [0.2, 0.25) is 0 Å². The molecule has 1 aliphatic heterocycles. The van der Waals surface area contributed by atoms with E-state index in [4.69, 9.17) is 9.84 Å². The molecule has 1 fully saturated rings. The molecule has 25 heavy (non-hydrogen) atoms. The minimum absolute atomic E-state index is 0.0511. The van der Waals surface area contributed by atoms with Gasteiger partial charge in [-0.2, -0.15) is 0 Å². The molecule has 0 spiro atoms. The van der Waals surface area contributed by atoms with Crippen molar-refractivity contribution in [2.75, 3.05) is 13.2 Å². The summed E-state index contributed by atoms with van der Waals surface area (Å²) in [4.78, 5) is 25.5. The molecular formula is C20H21NO4. The Morgan fingerprint density at radius 3 is 2.76 bits per heavy atom. The molecule has 130 valence electrons. The fourth-order valence-corrected chi connectivity index (χ4v) is 3.26. The standard InChI is InChI=1S/C20H21NO4/c1-14-5-2-6-15(11-14)18-9-4-10-21(18)20(24)16-7-3-8-17(12-16)25-13-19(22)23/h2-3,5-8,11-12,18H,4,9-10,13H2,1H3,(H,22,23). The van der Waals surface area contributed by atoms with Crippen molar-refractivity contribution in [1.29, 1.82) is 0 Å². The van der Waals surface area contributed by atoms with Crippen molar-refractivity contribution in [2.24, 2.45) is 0 Å². The summed E-state index contributed by atoms with van der Waals surface area (Å²) in [7, 11) is 0. The Morgan fingerprint density at radius 2 is 2.00 bits per heavy atom. The number of carbonyl (C=O) groups excluding carboxylic acids is 1. The van der Waals surface area contributed by atoms with Gasteiger partial charge in [0, 0.05) is 12.1 Å². The van der Waals surface area contributed by atoms with Crippen LogP contribution in [0.3, 0.4) is 0 Å². The maximum absolute atomic E-state index is 13.0. The molecule has 1 amide bonds. The second-order valence-electron chi connectivity index (χ2n) is 6.28. The number of carbonyl (C=O) groups is 2. The van der Waals surface area contributed by atoms with Crippen molar-refractivity contribution < 1.29 is 19.4 Å². The van der Waals surface area contributed by atoms with E-state index < -0.39 is 12.6 Å². The first kappa shape index (κ1) is 17.0. The third-order valence-electron chi connectivity index (χ3n) is 4.38. The van der Waals surface area contributed by atoms with E-state index in [0.29, 0.717) is 11.3 Å². The Labute approximate surface area is 146 Å². The van der Waals surface area contributed by atoms with Crippen LogP contribution >= 0.6 is 0 Å². The minimum atomic E-state index is -1.05. The molecule has 3 rings (SSSR count). The number of hydrogen-bond donors (Lipinski definition) is 1. The number of aryl methyl sites for hydroxylation is 1. The number of carboxylic acids is 1. The van der Waals surface area contributed by atoms with Crippen LogP contribution in [0.4, 0.5) is 0 Å². The van der Waals surface area contributed by atoms with Gasteiger partial charge in [-0.05, 0) is 43.5 Å². The lowest BCUT2D eigenvalue weighted by molar-refractivity contribution is -0.139. The van der Waals surface area contributed by atoms with Gasteiger partial charge in [-0.15, -0.1) is 0 Å². The van der Waals surface area contributed by atoms with Gasteiger partial charge in [-0.1, -0.05) is 35.9 Å². The van der Waals surface area contributed by atoms with E-state index in [1.807, 2.05) is 24.0 Å². The van der Waals surface area contributed by atoms with Crippen molar-refractivity contribution >= 4 is 11.9 Å². The van der Waals surface area contributed by atoms with Crippen molar-refractivity contribution in [3.05, 3.63) is 65.2 Å². The molecule has 0 saturated carbocycles. The van der Waals surface area contributed by atoms with Crippen molar-refractivity contribution in [3.63, 3.8) is 0 Å². The van der Waals surface area contributed by atoms with Crippen molar-refractivity contribution in [2.45, 2.75) is 25.8 Å². The van der Waals surface area contributed by atoms with E-state index in [0.717, 1.165) is 24.9 Å². The highest BCUT2D eigenvalue weighted by Gasteiger charge is 2.30. The van der Waals surface area contributed by atoms with E-state index in [9.17, 15) is 9.59 Å². The number of carboxylic acid groups (broad SMARTS) is 1. The van der Waals surface area contributed by atoms with E-state index in [2.05, 4.69) is 12.1 Å². The average Bonchev–Trinajstić information content (AvgIpc) is 3.09. The number of benzene rings is 2. The van der Waals surface area contributed by atoms with Gasteiger partial charge >= 0.3 is 5.97 Å². The summed E-state index contributed by atoms with van der Waals surface area (Å²) in [6.07, 6.45) is 1.92. The lowest BCUT2D eigenvalue weighted by Gasteiger charge is -2.25. The Balaban J connectivity index is 1.80. The van der Waals surface area contributed by atoms with Crippen LogP contribution in [0.5, 0.6) is 5.75 Å². The van der Waals surface area contributed by atoms with Crippen LogP contribution < -0.4 is 4.74 Å². The zero-order valence-corrected chi connectivity index (χ0v) is 14.1. The molecule has 1 heterocycles. The number of rotatable bonds is 5. The van der Waals surface area contributed by atoms with E-state index in [-0.39, 0.29) is 11.9 Å². The van der Waals surface area contributed by atoms with Crippen molar-refractivity contribution in [3.8, 4) is 5.75 Å². The third-order valence-corrected chi connectivity index (χ3v) is 4.38. The highest BCUT2D eigenvalue weighted by atomic mass is 16.5. The number of amides is 1. The molecule has 2 aromatic carbocycles. The summed E-state index contributed by atoms with van der Waals surface area (Å²) < 4.78 is 5.18. The van der Waals surface area contributed by atoms with Gasteiger partial charge in [-0.25, -0.2) is 4.79 Å². The summed E-state index contributed by atoms with van der Waals surface area (Å²) in [5.41, 5.74) is 2.85. The lowest BCUT2D eigenvalue weighted by atomic mass is 10.0. The van der Waals surface area contributed by atoms with Gasteiger partial charge in [0.1, 0.15) is 5.75 Å². The highest BCUT2D eigenvalue weighted by Crippen LogP contribution is 2.33. The van der Waals surface area contributed by atoms with Crippen LogP contribution in [0.25, 0.3) is 0 Å². The molecule has 0 aromatic heterocycles. The number of ether oxygens (including phenoxy) is 1. The Bertz CT molecular complexity index is 787. The van der Waals surface area contributed by atoms with Gasteiger partial charge in [0.25, 0.3) is 5.91 Å². The molecule has 5 nitrogen and oxygen atoms in total. The molecule has 0 aliphatic carbocycles. The van der Waals surface area contributed by atoms with Crippen LogP contribution in [0.1, 0.15) is 40.4 Å². The third kappa shape index (κ3) is 3.99. The Morgan fingerprint density at radius 1 is 1.20 bits per heavy atom. The molecule has 1 atom stereocenters. The Hall–Kier alpha value is -2.82. The van der Waals surface area contributed by atoms with Gasteiger partial charge in [0.15, 0.2) is 6.61 Å². The smallest absolute Gasteiger partial charge is 0.341 e. The van der Waals surface area contributed by atoms with Crippen LogP contribution in [0, 0.1) is 6.92 Å². The predicted octanol–water partition coefficient (Wildman–Crippen LogP) is 3.44. The molecule has 2 aromatic rings. The average molecular weight is 339 g/mol. The van der Waals surface area contributed by atoms with E-state index >= 15 is 0 Å². The zero-order valence-electron chi connectivity index (χ0n) is 14.1. The predicted molar refractivity (Wildman–Crippen MR) is 93.8 cm³/mol. The number of likely N-dealkylation sites (tertiary alicyclic amines) is 1. The molecule has 1 aliphatic rings. The largest absolute Gasteiger partial charge is 0.482 e. The number of nitrogens with zero attached hydrogens (tertiary/aromatic N) is 1. The van der Waals surface area contributed by atoms with Gasteiger partial charge in [0.2, 0.25) is 0 Å². The topological polar surface area (TPSA) is 66.8 Å². The lowest BCUT2D eigenvalue weighted by Crippen LogP contribution is -2.30. The molecular weight excluding hydrogens is 318 g/mol. The summed E-state index contributed by atoms with van der Waals surface area (Å²) in [6, 6.07) is 15.1. The first-order chi connectivity index (χ1) is 12.0. The fraction of sp³-hybridized carbons (Fsp3) is 0.300. The monoisotopic (exact) mass is 339 g/mol.